The van der Waals surface area contributed by atoms with Gasteiger partial charge in [0.15, 0.2) is 0 Å². The number of hydrogen-bond donors (Lipinski definition) is 5. The Labute approximate surface area is 150 Å². The van der Waals surface area contributed by atoms with E-state index in [-0.39, 0.29) is 11.7 Å². The van der Waals surface area contributed by atoms with Crippen LogP contribution in [-0.2, 0) is 4.79 Å². The molecule has 0 heterocycles. The van der Waals surface area contributed by atoms with Crippen molar-refractivity contribution < 1.29 is 9.90 Å². The molecule has 0 aromatic heterocycles. The third kappa shape index (κ3) is 12.2. The number of carbonyl (C=O) groups excluding carboxylic acids is 1. The minimum Gasteiger partial charge on any atom is -0.508 e. The topological polar surface area (TPSA) is 99.4 Å². The first-order valence-corrected chi connectivity index (χ1v) is 9.09. The van der Waals surface area contributed by atoms with Crippen LogP contribution in [0.1, 0.15) is 31.2 Å². The Kier molecular flexibility index (Phi) is 12.2. The largest absolute Gasteiger partial charge is 0.508 e. The van der Waals surface area contributed by atoms with Gasteiger partial charge in [0, 0.05) is 12.6 Å². The fourth-order valence-corrected chi connectivity index (χ4v) is 2.26. The smallest absolute Gasteiger partial charge is 0.243 e. The molecule has 1 amide bonds. The minimum atomic E-state index is -0.119. The fraction of sp³-hybridized carbons (Fsp3) is 0.526. The Morgan fingerprint density at radius 2 is 1.68 bits per heavy atom. The summed E-state index contributed by atoms with van der Waals surface area (Å²) >= 11 is 0. The first kappa shape index (κ1) is 21.2. The van der Waals surface area contributed by atoms with Gasteiger partial charge in [-0.1, -0.05) is 12.1 Å². The number of benzene rings is 1. The fourth-order valence-electron chi connectivity index (χ4n) is 2.26. The van der Waals surface area contributed by atoms with Crippen molar-refractivity contribution in [3.63, 3.8) is 0 Å². The van der Waals surface area contributed by atoms with Crippen LogP contribution in [0.3, 0.4) is 0 Å². The summed E-state index contributed by atoms with van der Waals surface area (Å²) in [6.45, 7) is 5.35. The highest BCUT2D eigenvalue weighted by atomic mass is 16.3. The summed E-state index contributed by atoms with van der Waals surface area (Å²) in [5.74, 6) is 0.0758. The van der Waals surface area contributed by atoms with E-state index in [1.807, 2.05) is 6.07 Å². The van der Waals surface area contributed by atoms with Gasteiger partial charge in [-0.2, -0.15) is 0 Å². The Balaban J connectivity index is 1.93. The third-order valence-corrected chi connectivity index (χ3v) is 3.64. The van der Waals surface area contributed by atoms with E-state index in [1.165, 1.54) is 6.08 Å². The number of hydrogen-bond acceptors (Lipinski definition) is 5. The normalized spacial score (nSPS) is 11.1. The van der Waals surface area contributed by atoms with Gasteiger partial charge in [0.05, 0.1) is 0 Å². The lowest BCUT2D eigenvalue weighted by atomic mass is 10.2. The number of amides is 1. The summed E-state index contributed by atoms with van der Waals surface area (Å²) in [6.07, 6.45) is 7.42. The van der Waals surface area contributed by atoms with Gasteiger partial charge < -0.3 is 26.8 Å². The van der Waals surface area contributed by atoms with Gasteiger partial charge in [0.1, 0.15) is 5.75 Å². The molecule has 0 bridgehead atoms. The summed E-state index contributed by atoms with van der Waals surface area (Å²) in [5, 5.41) is 18.9. The van der Waals surface area contributed by atoms with Crippen LogP contribution >= 0.6 is 0 Å². The molecule has 0 atom stereocenters. The lowest BCUT2D eigenvalue weighted by Gasteiger charge is -2.06. The van der Waals surface area contributed by atoms with E-state index >= 15 is 0 Å². The van der Waals surface area contributed by atoms with E-state index in [0.29, 0.717) is 6.54 Å². The number of aromatic hydroxyl groups is 1. The van der Waals surface area contributed by atoms with Gasteiger partial charge in [-0.3, -0.25) is 4.79 Å². The van der Waals surface area contributed by atoms with E-state index in [2.05, 4.69) is 16.0 Å². The molecule has 0 unspecified atom stereocenters. The molecule has 25 heavy (non-hydrogen) atoms. The van der Waals surface area contributed by atoms with Gasteiger partial charge in [-0.05, 0) is 82.2 Å². The van der Waals surface area contributed by atoms with Crippen molar-refractivity contribution in [1.82, 2.24) is 16.0 Å². The molecule has 1 rings (SSSR count). The highest BCUT2D eigenvalue weighted by Crippen LogP contribution is 2.11. The van der Waals surface area contributed by atoms with Crippen LogP contribution in [0.4, 0.5) is 0 Å². The molecule has 0 saturated carbocycles. The van der Waals surface area contributed by atoms with Crippen molar-refractivity contribution >= 4 is 12.0 Å². The second kappa shape index (κ2) is 14.5. The summed E-state index contributed by atoms with van der Waals surface area (Å²) in [5.41, 5.74) is 6.23. The molecule has 0 saturated heterocycles. The Morgan fingerprint density at radius 3 is 2.36 bits per heavy atom. The van der Waals surface area contributed by atoms with E-state index in [0.717, 1.165) is 64.0 Å². The molecule has 6 N–H and O–H groups in total. The molecule has 140 valence electrons. The maximum absolute atomic E-state index is 11.7. The predicted octanol–water partition coefficient (Wildman–Crippen LogP) is 1.22. The molecule has 1 aromatic rings. The maximum Gasteiger partial charge on any atom is 0.243 e. The first-order valence-electron chi connectivity index (χ1n) is 9.09. The molecule has 0 spiro atoms. The second-order valence-electron chi connectivity index (χ2n) is 5.92. The van der Waals surface area contributed by atoms with E-state index < -0.39 is 0 Å². The molecule has 1 aromatic carbocycles. The highest BCUT2D eigenvalue weighted by Gasteiger charge is 1.96. The lowest BCUT2D eigenvalue weighted by molar-refractivity contribution is -0.116. The molecule has 0 aliphatic rings. The molecule has 0 radical (unpaired) electrons. The lowest BCUT2D eigenvalue weighted by Crippen LogP contribution is -2.26. The van der Waals surface area contributed by atoms with E-state index in [1.54, 1.807) is 24.3 Å². The SMILES string of the molecule is NCCCNCCCCNCCCNC(=O)C=Cc1cccc(O)c1. The minimum absolute atomic E-state index is 0.119. The Hall–Kier alpha value is -1.89. The van der Waals surface area contributed by atoms with Gasteiger partial charge in [-0.25, -0.2) is 0 Å². The second-order valence-corrected chi connectivity index (χ2v) is 5.92. The van der Waals surface area contributed by atoms with Crippen molar-refractivity contribution in [3.8, 4) is 5.75 Å². The summed E-state index contributed by atoms with van der Waals surface area (Å²) in [4.78, 5) is 11.7. The molecule has 0 aliphatic heterocycles. The zero-order chi connectivity index (χ0) is 18.2. The molecular weight excluding hydrogens is 316 g/mol. The van der Waals surface area contributed by atoms with Crippen molar-refractivity contribution in [2.45, 2.75) is 25.7 Å². The third-order valence-electron chi connectivity index (χ3n) is 3.64. The number of nitrogens with two attached hydrogens (primary N) is 1. The van der Waals surface area contributed by atoms with Crippen molar-refractivity contribution in [3.05, 3.63) is 35.9 Å². The number of unbranched alkanes of at least 4 members (excludes halogenated alkanes) is 1. The zero-order valence-electron chi connectivity index (χ0n) is 15.0. The van der Waals surface area contributed by atoms with Crippen LogP contribution in [0, 0.1) is 0 Å². The van der Waals surface area contributed by atoms with Gasteiger partial charge in [0.2, 0.25) is 5.91 Å². The first-order chi connectivity index (χ1) is 12.2. The average Bonchev–Trinajstić information content (AvgIpc) is 2.61. The standard InChI is InChI=1S/C19H32N4O2/c20-10-4-13-21-11-1-2-12-22-14-5-15-23-19(25)9-8-17-6-3-7-18(24)16-17/h3,6-9,16,21-22,24H,1-2,4-5,10-15,20H2,(H,23,25). The quantitative estimate of drug-likeness (QED) is 0.257. The molecule has 6 heteroatoms. The number of nitrogens with one attached hydrogen (secondary N) is 3. The summed E-state index contributed by atoms with van der Waals surface area (Å²) in [6, 6.07) is 6.79. The number of rotatable bonds is 14. The Morgan fingerprint density at radius 1 is 1.00 bits per heavy atom. The van der Waals surface area contributed by atoms with Crippen LogP contribution in [0.5, 0.6) is 5.75 Å². The maximum atomic E-state index is 11.7. The molecule has 0 fully saturated rings. The monoisotopic (exact) mass is 348 g/mol. The van der Waals surface area contributed by atoms with E-state index in [4.69, 9.17) is 5.73 Å². The van der Waals surface area contributed by atoms with E-state index in [9.17, 15) is 9.90 Å². The van der Waals surface area contributed by atoms with Crippen LogP contribution in [-0.4, -0.2) is 50.3 Å². The predicted molar refractivity (Wildman–Crippen MR) is 103 cm³/mol. The van der Waals surface area contributed by atoms with Gasteiger partial charge >= 0.3 is 0 Å². The molecular formula is C19H32N4O2. The van der Waals surface area contributed by atoms with Crippen molar-refractivity contribution in [2.75, 3.05) is 39.3 Å². The van der Waals surface area contributed by atoms with Crippen LogP contribution in [0.15, 0.2) is 30.3 Å². The van der Waals surface area contributed by atoms with Crippen LogP contribution in [0.2, 0.25) is 0 Å². The zero-order valence-corrected chi connectivity index (χ0v) is 15.0. The van der Waals surface area contributed by atoms with Gasteiger partial charge in [0.25, 0.3) is 0 Å². The Bertz CT molecular complexity index is 506. The summed E-state index contributed by atoms with van der Waals surface area (Å²) < 4.78 is 0. The van der Waals surface area contributed by atoms with Crippen molar-refractivity contribution in [1.29, 1.82) is 0 Å². The molecule has 0 aliphatic carbocycles. The van der Waals surface area contributed by atoms with Crippen LogP contribution in [0.25, 0.3) is 6.08 Å². The van der Waals surface area contributed by atoms with Crippen molar-refractivity contribution in [2.24, 2.45) is 5.73 Å². The summed E-state index contributed by atoms with van der Waals surface area (Å²) in [7, 11) is 0. The highest BCUT2D eigenvalue weighted by molar-refractivity contribution is 5.91. The van der Waals surface area contributed by atoms with Crippen LogP contribution < -0.4 is 21.7 Å². The number of carbonyl (C=O) groups is 1. The van der Waals surface area contributed by atoms with Gasteiger partial charge in [-0.15, -0.1) is 0 Å². The molecule has 6 nitrogen and oxygen atoms in total. The average molecular weight is 348 g/mol. The number of phenols is 1. The number of phenolic OH excluding ortho intramolecular Hbond substituents is 1.